The molecule has 2 aromatic heterocycles. The Morgan fingerprint density at radius 3 is 2.71 bits per heavy atom. The second-order valence-corrected chi connectivity index (χ2v) is 9.85. The molecule has 0 saturated carbocycles. The van der Waals surface area contributed by atoms with Gasteiger partial charge >= 0.3 is 0 Å². The zero-order chi connectivity index (χ0) is 23.1. The van der Waals surface area contributed by atoms with Gasteiger partial charge in [-0.1, -0.05) is 17.7 Å². The van der Waals surface area contributed by atoms with E-state index in [4.69, 9.17) is 11.6 Å². The molecule has 0 aliphatic carbocycles. The number of hydrogen-bond donors (Lipinski definition) is 1. The van der Waals surface area contributed by atoms with Crippen LogP contribution < -0.4 is 10.2 Å². The van der Waals surface area contributed by atoms with Gasteiger partial charge in [-0.2, -0.15) is 0 Å². The maximum atomic E-state index is 13.3. The van der Waals surface area contributed by atoms with E-state index in [0.29, 0.717) is 24.0 Å². The number of nitrogens with zero attached hydrogens (tertiary/aromatic N) is 6. The normalized spacial score (nSPS) is 20.7. The van der Waals surface area contributed by atoms with E-state index in [-0.39, 0.29) is 11.8 Å². The van der Waals surface area contributed by atoms with Crippen LogP contribution in [0, 0.1) is 5.92 Å². The highest BCUT2D eigenvalue weighted by Gasteiger charge is 2.34. The van der Waals surface area contributed by atoms with Crippen molar-refractivity contribution in [1.29, 1.82) is 0 Å². The Balaban J connectivity index is 1.31. The molecule has 0 bridgehead atoms. The van der Waals surface area contributed by atoms with E-state index in [1.807, 2.05) is 41.4 Å². The van der Waals surface area contributed by atoms with Gasteiger partial charge in [0, 0.05) is 43.3 Å². The summed E-state index contributed by atoms with van der Waals surface area (Å²) >= 11 is 6.38. The first-order valence-corrected chi connectivity index (χ1v) is 12.4. The Kier molecular flexibility index (Phi) is 5.71. The number of nitrogens with one attached hydrogen (secondary N) is 1. The van der Waals surface area contributed by atoms with Crippen molar-refractivity contribution in [3.63, 3.8) is 0 Å². The van der Waals surface area contributed by atoms with E-state index >= 15 is 0 Å². The average Bonchev–Trinajstić information content (AvgIpc) is 3.52. The van der Waals surface area contributed by atoms with Crippen LogP contribution in [0.15, 0.2) is 42.6 Å². The van der Waals surface area contributed by atoms with E-state index in [1.165, 1.54) is 0 Å². The molecule has 3 aliphatic rings. The fourth-order valence-electron chi connectivity index (χ4n) is 5.48. The van der Waals surface area contributed by atoms with E-state index in [2.05, 4.69) is 36.0 Å². The van der Waals surface area contributed by atoms with Gasteiger partial charge in [0.1, 0.15) is 11.6 Å². The third kappa shape index (κ3) is 3.95. The molecule has 0 spiro atoms. The number of carbonyl (C=O) groups excluding carboxylic acids is 1. The summed E-state index contributed by atoms with van der Waals surface area (Å²) in [5, 5.41) is 13.2. The maximum Gasteiger partial charge on any atom is 0.227 e. The lowest BCUT2D eigenvalue weighted by atomic mass is 9.95. The summed E-state index contributed by atoms with van der Waals surface area (Å²) in [4.78, 5) is 22.1. The van der Waals surface area contributed by atoms with Gasteiger partial charge < -0.3 is 15.1 Å². The van der Waals surface area contributed by atoms with Crippen LogP contribution in [0.2, 0.25) is 5.02 Å². The summed E-state index contributed by atoms with van der Waals surface area (Å²) in [6, 6.07) is 12.0. The van der Waals surface area contributed by atoms with Gasteiger partial charge in [0.15, 0.2) is 5.82 Å². The molecule has 6 rings (SSSR count). The third-order valence-corrected chi connectivity index (χ3v) is 7.52. The quantitative estimate of drug-likeness (QED) is 0.624. The summed E-state index contributed by atoms with van der Waals surface area (Å²) in [7, 11) is 0. The van der Waals surface area contributed by atoms with Crippen LogP contribution in [-0.4, -0.2) is 56.7 Å². The van der Waals surface area contributed by atoms with Gasteiger partial charge in [-0.15, -0.1) is 10.2 Å². The van der Waals surface area contributed by atoms with E-state index in [0.717, 1.165) is 74.2 Å². The maximum absolute atomic E-state index is 13.3. The molecule has 5 heterocycles. The highest BCUT2D eigenvalue weighted by atomic mass is 35.5. The van der Waals surface area contributed by atoms with Crippen LogP contribution in [0.1, 0.15) is 42.4 Å². The molecule has 9 heteroatoms. The van der Waals surface area contributed by atoms with Gasteiger partial charge in [0.05, 0.1) is 18.2 Å². The first-order valence-electron chi connectivity index (χ1n) is 12.1. The number of halogens is 1. The zero-order valence-electron chi connectivity index (χ0n) is 19.0. The summed E-state index contributed by atoms with van der Waals surface area (Å²) in [6.45, 7) is 4.48. The molecule has 176 valence electrons. The monoisotopic (exact) mass is 477 g/mol. The van der Waals surface area contributed by atoms with Crippen molar-refractivity contribution in [2.45, 2.75) is 38.3 Å². The Hall–Kier alpha value is -2.97. The van der Waals surface area contributed by atoms with Crippen LogP contribution in [0.3, 0.4) is 0 Å². The van der Waals surface area contributed by atoms with Crippen LogP contribution in [-0.2, 0) is 17.9 Å². The lowest BCUT2D eigenvalue weighted by Crippen LogP contribution is -2.36. The number of rotatable bonds is 3. The number of fused-ring (bicyclic) bond motifs is 3. The van der Waals surface area contributed by atoms with Crippen LogP contribution in [0.25, 0.3) is 5.69 Å². The van der Waals surface area contributed by atoms with Crippen LogP contribution >= 0.6 is 11.6 Å². The van der Waals surface area contributed by atoms with E-state index < -0.39 is 0 Å². The van der Waals surface area contributed by atoms with Crippen molar-refractivity contribution in [3.05, 3.63) is 64.8 Å². The van der Waals surface area contributed by atoms with Crippen molar-refractivity contribution < 1.29 is 4.79 Å². The van der Waals surface area contributed by atoms with Crippen molar-refractivity contribution in [1.82, 2.24) is 30.0 Å². The molecule has 3 aliphatic heterocycles. The molecule has 34 heavy (non-hydrogen) atoms. The lowest BCUT2D eigenvalue weighted by Gasteiger charge is -2.32. The molecule has 1 atom stereocenters. The number of hydrogen-bond acceptors (Lipinski definition) is 6. The molecule has 3 aromatic rings. The number of benzene rings is 1. The average molecular weight is 478 g/mol. The largest absolute Gasteiger partial charge is 0.357 e. The summed E-state index contributed by atoms with van der Waals surface area (Å²) in [5.74, 6) is 3.33. The highest BCUT2D eigenvalue weighted by Crippen LogP contribution is 2.34. The Morgan fingerprint density at radius 1 is 1.06 bits per heavy atom. The van der Waals surface area contributed by atoms with Crippen molar-refractivity contribution >= 4 is 23.3 Å². The summed E-state index contributed by atoms with van der Waals surface area (Å²) in [6.07, 6.45) is 4.68. The minimum atomic E-state index is 0.0208. The number of piperidine rings is 1. The first-order chi connectivity index (χ1) is 16.7. The van der Waals surface area contributed by atoms with Crippen LogP contribution in [0.5, 0.6) is 0 Å². The number of carbonyl (C=O) groups is 1. The number of aromatic nitrogens is 4. The van der Waals surface area contributed by atoms with Gasteiger partial charge in [-0.05, 0) is 61.7 Å². The third-order valence-electron chi connectivity index (χ3n) is 7.29. The molecule has 8 nitrogen and oxygen atoms in total. The molecule has 2 saturated heterocycles. The molecular formula is C25H28ClN7O. The van der Waals surface area contributed by atoms with Crippen molar-refractivity contribution in [2.75, 3.05) is 31.1 Å². The molecule has 0 radical (unpaired) electrons. The fraction of sp³-hybridized carbons (Fsp3) is 0.440. The SMILES string of the molecule is O=C(C1CCNC1)N1Cc2cc(Cl)ccc2-n2c(nnc2C2CCN(c3ccccn3)CC2)C1. The second kappa shape index (κ2) is 9.00. The zero-order valence-corrected chi connectivity index (χ0v) is 19.8. The molecule has 1 N–H and O–H groups in total. The fourth-order valence-corrected chi connectivity index (χ4v) is 5.67. The number of anilines is 1. The van der Waals surface area contributed by atoms with Crippen molar-refractivity contribution in [3.8, 4) is 5.69 Å². The van der Waals surface area contributed by atoms with Crippen LogP contribution in [0.4, 0.5) is 5.82 Å². The molecule has 1 unspecified atom stereocenters. The Bertz CT molecular complexity index is 1180. The first kappa shape index (κ1) is 21.6. The molecular weight excluding hydrogens is 450 g/mol. The van der Waals surface area contributed by atoms with E-state index in [1.54, 1.807) is 0 Å². The standard InChI is InChI=1S/C25H28ClN7O/c26-20-4-5-21-19(13-20)15-32(25(34)18-6-10-27-14-18)16-23-29-30-24(33(21)23)17-7-11-31(12-8-17)22-3-1-2-9-28-22/h1-5,9,13,17-18,27H,6-8,10-12,14-16H2. The van der Waals surface area contributed by atoms with Gasteiger partial charge in [-0.3, -0.25) is 9.36 Å². The topological polar surface area (TPSA) is 79.2 Å². The highest BCUT2D eigenvalue weighted by molar-refractivity contribution is 6.30. The van der Waals surface area contributed by atoms with Crippen molar-refractivity contribution in [2.24, 2.45) is 5.92 Å². The minimum absolute atomic E-state index is 0.0208. The van der Waals surface area contributed by atoms with Gasteiger partial charge in [0.25, 0.3) is 0 Å². The summed E-state index contributed by atoms with van der Waals surface area (Å²) < 4.78 is 2.19. The van der Waals surface area contributed by atoms with E-state index in [9.17, 15) is 4.79 Å². The second-order valence-electron chi connectivity index (χ2n) is 9.42. The molecule has 1 amide bonds. The lowest BCUT2D eigenvalue weighted by molar-refractivity contribution is -0.136. The smallest absolute Gasteiger partial charge is 0.227 e. The predicted molar refractivity (Wildman–Crippen MR) is 130 cm³/mol. The summed E-state index contributed by atoms with van der Waals surface area (Å²) in [5.41, 5.74) is 2.07. The van der Waals surface area contributed by atoms with Gasteiger partial charge in [0.2, 0.25) is 5.91 Å². The Labute approximate surface area is 203 Å². The van der Waals surface area contributed by atoms with Gasteiger partial charge in [-0.25, -0.2) is 4.98 Å². The number of amides is 1. The predicted octanol–water partition coefficient (Wildman–Crippen LogP) is 3.15. The molecule has 2 fully saturated rings. The minimum Gasteiger partial charge on any atom is -0.357 e. The Morgan fingerprint density at radius 2 is 1.94 bits per heavy atom. The number of pyridine rings is 1. The molecule has 1 aromatic carbocycles.